The Morgan fingerprint density at radius 1 is 1.26 bits per heavy atom. The predicted octanol–water partition coefficient (Wildman–Crippen LogP) is 3.67. The van der Waals surface area contributed by atoms with E-state index in [1.165, 1.54) is 23.5 Å². The van der Waals surface area contributed by atoms with Crippen LogP contribution in [0.3, 0.4) is 0 Å². The lowest BCUT2D eigenvalue weighted by atomic mass is 10.1. The van der Waals surface area contributed by atoms with E-state index >= 15 is 0 Å². The molecule has 1 aliphatic heterocycles. The number of benzene rings is 1. The van der Waals surface area contributed by atoms with Gasteiger partial charge in [0.25, 0.3) is 5.91 Å². The first-order chi connectivity index (χ1) is 15.0. The third-order valence-corrected chi connectivity index (χ3v) is 6.82. The Labute approximate surface area is 183 Å². The number of aryl methyl sites for hydroxylation is 2. The minimum absolute atomic E-state index is 0.0666. The normalized spacial score (nSPS) is 16.7. The molecule has 4 aromatic rings. The summed E-state index contributed by atoms with van der Waals surface area (Å²) in [4.78, 5) is 16.8. The van der Waals surface area contributed by atoms with Crippen LogP contribution >= 0.6 is 11.3 Å². The van der Waals surface area contributed by atoms with Crippen LogP contribution in [0.1, 0.15) is 28.2 Å². The Balaban J connectivity index is 1.36. The van der Waals surface area contributed by atoms with Crippen LogP contribution in [0.2, 0.25) is 0 Å². The van der Waals surface area contributed by atoms with E-state index in [1.807, 2.05) is 30.8 Å². The molecule has 5 rings (SSSR count). The molecule has 1 fully saturated rings. The highest BCUT2D eigenvalue weighted by Crippen LogP contribution is 2.30. The van der Waals surface area contributed by atoms with Gasteiger partial charge in [-0.15, -0.1) is 11.3 Å². The van der Waals surface area contributed by atoms with Crippen molar-refractivity contribution in [3.63, 3.8) is 0 Å². The predicted molar refractivity (Wildman–Crippen MR) is 120 cm³/mol. The standard InChI is InChI=1S/C22H23FN6OS/c1-14-18-12-19(31-22(18)29(26-14)17-7-5-15(23)6-8-17)21(30)25-16-4-3-11-28(13-16)20-9-10-24-27(20)2/h5-10,12,16H,3-4,11,13H2,1-2H3,(H,25,30). The van der Waals surface area contributed by atoms with Gasteiger partial charge < -0.3 is 10.2 Å². The Hall–Kier alpha value is -3.20. The lowest BCUT2D eigenvalue weighted by molar-refractivity contribution is 0.0937. The van der Waals surface area contributed by atoms with Crippen LogP contribution in [0.25, 0.3) is 15.9 Å². The zero-order chi connectivity index (χ0) is 21.5. The Bertz CT molecular complexity index is 1240. The summed E-state index contributed by atoms with van der Waals surface area (Å²) in [6, 6.07) is 10.2. The third-order valence-electron chi connectivity index (χ3n) is 5.72. The van der Waals surface area contributed by atoms with Gasteiger partial charge >= 0.3 is 0 Å². The van der Waals surface area contributed by atoms with Gasteiger partial charge in [-0.1, -0.05) is 0 Å². The number of amides is 1. The number of nitrogens with one attached hydrogen (secondary N) is 1. The molecule has 9 heteroatoms. The smallest absolute Gasteiger partial charge is 0.261 e. The number of nitrogens with zero attached hydrogens (tertiary/aromatic N) is 5. The van der Waals surface area contributed by atoms with Crippen molar-refractivity contribution in [2.75, 3.05) is 18.0 Å². The number of halogens is 1. The number of hydrogen-bond acceptors (Lipinski definition) is 5. The summed E-state index contributed by atoms with van der Waals surface area (Å²) in [5.41, 5.74) is 1.61. The largest absolute Gasteiger partial charge is 0.355 e. The van der Waals surface area contributed by atoms with Crippen molar-refractivity contribution in [1.82, 2.24) is 24.9 Å². The van der Waals surface area contributed by atoms with Gasteiger partial charge in [0, 0.05) is 37.6 Å². The molecule has 160 valence electrons. The lowest BCUT2D eigenvalue weighted by Gasteiger charge is -2.34. The molecule has 7 nitrogen and oxygen atoms in total. The topological polar surface area (TPSA) is 68.0 Å². The number of hydrogen-bond donors (Lipinski definition) is 1. The van der Waals surface area contributed by atoms with E-state index in [9.17, 15) is 9.18 Å². The number of carbonyl (C=O) groups is 1. The van der Waals surface area contributed by atoms with E-state index < -0.39 is 0 Å². The summed E-state index contributed by atoms with van der Waals surface area (Å²) in [5.74, 6) is 0.710. The quantitative estimate of drug-likeness (QED) is 0.528. The molecule has 1 saturated heterocycles. The van der Waals surface area contributed by atoms with Gasteiger partial charge in [-0.2, -0.15) is 10.2 Å². The molecular weight excluding hydrogens is 415 g/mol. The highest BCUT2D eigenvalue weighted by atomic mass is 32.1. The van der Waals surface area contributed by atoms with E-state index in [0.29, 0.717) is 4.88 Å². The highest BCUT2D eigenvalue weighted by molar-refractivity contribution is 7.20. The number of rotatable bonds is 4. The van der Waals surface area contributed by atoms with E-state index in [4.69, 9.17) is 0 Å². The molecule has 4 heterocycles. The van der Waals surface area contributed by atoms with E-state index in [2.05, 4.69) is 20.4 Å². The number of anilines is 1. The molecule has 0 saturated carbocycles. The first kappa shape index (κ1) is 19.7. The zero-order valence-corrected chi connectivity index (χ0v) is 18.2. The number of piperidine rings is 1. The van der Waals surface area contributed by atoms with Crippen LogP contribution in [-0.4, -0.2) is 44.6 Å². The molecule has 1 aliphatic rings. The summed E-state index contributed by atoms with van der Waals surface area (Å²) in [5, 5.41) is 13.0. The second-order valence-corrected chi connectivity index (χ2v) is 8.91. The Morgan fingerprint density at radius 2 is 2.06 bits per heavy atom. The van der Waals surface area contributed by atoms with Gasteiger partial charge in [0.2, 0.25) is 0 Å². The van der Waals surface area contributed by atoms with Crippen molar-refractivity contribution >= 4 is 33.3 Å². The van der Waals surface area contributed by atoms with Gasteiger partial charge in [0.15, 0.2) is 0 Å². The van der Waals surface area contributed by atoms with Crippen LogP contribution in [0.15, 0.2) is 42.6 Å². The fourth-order valence-corrected chi connectivity index (χ4v) is 5.24. The Kier molecular flexibility index (Phi) is 4.97. The fourth-order valence-electron chi connectivity index (χ4n) is 4.15. The summed E-state index contributed by atoms with van der Waals surface area (Å²) < 4.78 is 16.9. The lowest BCUT2D eigenvalue weighted by Crippen LogP contribution is -2.48. The number of aromatic nitrogens is 4. The molecule has 0 aliphatic carbocycles. The van der Waals surface area contributed by atoms with E-state index in [1.54, 1.807) is 23.0 Å². The Morgan fingerprint density at radius 3 is 2.81 bits per heavy atom. The van der Waals surface area contributed by atoms with Crippen LogP contribution < -0.4 is 10.2 Å². The van der Waals surface area contributed by atoms with Crippen molar-refractivity contribution < 1.29 is 9.18 Å². The van der Waals surface area contributed by atoms with Crippen molar-refractivity contribution in [1.29, 1.82) is 0 Å². The molecule has 0 radical (unpaired) electrons. The van der Waals surface area contributed by atoms with E-state index in [-0.39, 0.29) is 17.8 Å². The maximum absolute atomic E-state index is 13.3. The van der Waals surface area contributed by atoms with Gasteiger partial charge in [0.05, 0.1) is 22.5 Å². The molecule has 1 N–H and O–H groups in total. The second kappa shape index (κ2) is 7.81. The second-order valence-electron chi connectivity index (χ2n) is 7.87. The SMILES string of the molecule is Cc1nn(-c2ccc(F)cc2)c2sc(C(=O)NC3CCCN(c4ccnn4C)C3)cc12. The number of fused-ring (bicyclic) bond motifs is 1. The van der Waals surface area contributed by atoms with Crippen LogP contribution in [0.5, 0.6) is 0 Å². The minimum Gasteiger partial charge on any atom is -0.355 e. The van der Waals surface area contributed by atoms with Crippen LogP contribution in [0.4, 0.5) is 10.2 Å². The van der Waals surface area contributed by atoms with E-state index in [0.717, 1.165) is 53.3 Å². The number of thiophene rings is 1. The average Bonchev–Trinajstić information content (AvgIpc) is 3.46. The average molecular weight is 439 g/mol. The summed E-state index contributed by atoms with van der Waals surface area (Å²) >= 11 is 1.41. The minimum atomic E-state index is -0.289. The van der Waals surface area contributed by atoms with Gasteiger partial charge in [-0.05, 0) is 50.1 Å². The maximum Gasteiger partial charge on any atom is 0.261 e. The molecule has 1 unspecified atom stereocenters. The molecule has 0 bridgehead atoms. The molecule has 1 atom stereocenters. The van der Waals surface area contributed by atoms with Gasteiger partial charge in [0.1, 0.15) is 16.5 Å². The molecular formula is C22H23FN6OS. The first-order valence-corrected chi connectivity index (χ1v) is 11.1. The summed E-state index contributed by atoms with van der Waals surface area (Å²) in [6.45, 7) is 3.64. The number of carbonyl (C=O) groups excluding carboxylic acids is 1. The molecule has 3 aromatic heterocycles. The molecule has 1 aromatic carbocycles. The molecule has 1 amide bonds. The summed E-state index contributed by atoms with van der Waals surface area (Å²) in [7, 11) is 1.93. The molecule has 0 spiro atoms. The zero-order valence-electron chi connectivity index (χ0n) is 17.4. The van der Waals surface area contributed by atoms with Crippen LogP contribution in [-0.2, 0) is 7.05 Å². The fraction of sp³-hybridized carbons (Fsp3) is 0.318. The van der Waals surface area contributed by atoms with Gasteiger partial charge in [-0.3, -0.25) is 9.48 Å². The van der Waals surface area contributed by atoms with Crippen LogP contribution in [0, 0.1) is 12.7 Å². The first-order valence-electron chi connectivity index (χ1n) is 10.3. The summed E-state index contributed by atoms with van der Waals surface area (Å²) in [6.07, 6.45) is 3.76. The maximum atomic E-state index is 13.3. The van der Waals surface area contributed by atoms with Crippen molar-refractivity contribution in [3.05, 3.63) is 59.0 Å². The molecule has 31 heavy (non-hydrogen) atoms. The van der Waals surface area contributed by atoms with Crippen molar-refractivity contribution in [2.45, 2.75) is 25.8 Å². The monoisotopic (exact) mass is 438 g/mol. The highest BCUT2D eigenvalue weighted by Gasteiger charge is 2.25. The van der Waals surface area contributed by atoms with Crippen molar-refractivity contribution in [3.8, 4) is 5.69 Å². The van der Waals surface area contributed by atoms with Gasteiger partial charge in [-0.25, -0.2) is 9.07 Å². The third kappa shape index (κ3) is 3.69. The van der Waals surface area contributed by atoms with Crippen molar-refractivity contribution in [2.24, 2.45) is 7.05 Å².